The van der Waals surface area contributed by atoms with E-state index in [9.17, 15) is 9.90 Å². The molecule has 0 amide bonds. The fraction of sp³-hybridized carbons (Fsp3) is 0.438. The molecule has 1 N–H and O–H groups in total. The lowest BCUT2D eigenvalue weighted by Gasteiger charge is -2.33. The Morgan fingerprint density at radius 1 is 1.20 bits per heavy atom. The first-order chi connectivity index (χ1) is 9.36. The van der Waals surface area contributed by atoms with E-state index in [2.05, 4.69) is 0 Å². The highest BCUT2D eigenvalue weighted by molar-refractivity contribution is 5.83. The van der Waals surface area contributed by atoms with Gasteiger partial charge in [0, 0.05) is 11.8 Å². The Morgan fingerprint density at radius 2 is 1.85 bits per heavy atom. The number of aliphatic hydroxyl groups is 1. The van der Waals surface area contributed by atoms with Crippen molar-refractivity contribution in [1.82, 2.24) is 0 Å². The SMILES string of the molecule is CC(C)(C)[C@H]1OC(=O)C=C(C[C@H](O)c2ccccc2)O1. The van der Waals surface area contributed by atoms with Gasteiger partial charge >= 0.3 is 5.97 Å². The van der Waals surface area contributed by atoms with Gasteiger partial charge in [0.1, 0.15) is 5.76 Å². The first-order valence-electron chi connectivity index (χ1n) is 6.67. The summed E-state index contributed by atoms with van der Waals surface area (Å²) in [6.07, 6.45) is 0.229. The highest BCUT2D eigenvalue weighted by atomic mass is 16.7. The molecule has 0 fully saturated rings. The van der Waals surface area contributed by atoms with Crippen LogP contribution >= 0.6 is 0 Å². The molecule has 0 unspecified atom stereocenters. The molecule has 4 heteroatoms. The minimum absolute atomic E-state index is 0.256. The van der Waals surface area contributed by atoms with Crippen molar-refractivity contribution in [1.29, 1.82) is 0 Å². The molecule has 1 aliphatic rings. The fourth-order valence-corrected chi connectivity index (χ4v) is 1.91. The second-order valence-electron chi connectivity index (χ2n) is 5.99. The summed E-state index contributed by atoms with van der Waals surface area (Å²) in [4.78, 5) is 11.6. The molecule has 2 atom stereocenters. The molecule has 1 aromatic carbocycles. The van der Waals surface area contributed by atoms with Gasteiger partial charge in [-0.1, -0.05) is 51.1 Å². The van der Waals surface area contributed by atoms with Gasteiger partial charge in [-0.25, -0.2) is 4.79 Å². The van der Waals surface area contributed by atoms with E-state index in [4.69, 9.17) is 9.47 Å². The number of carbonyl (C=O) groups is 1. The number of ether oxygens (including phenoxy) is 2. The lowest BCUT2D eigenvalue weighted by Crippen LogP contribution is -2.36. The lowest BCUT2D eigenvalue weighted by molar-refractivity contribution is -0.196. The van der Waals surface area contributed by atoms with Crippen LogP contribution in [0.1, 0.15) is 38.9 Å². The largest absolute Gasteiger partial charge is 0.458 e. The maximum absolute atomic E-state index is 11.6. The Balaban J connectivity index is 2.07. The second-order valence-corrected chi connectivity index (χ2v) is 5.99. The van der Waals surface area contributed by atoms with Crippen molar-refractivity contribution in [3.63, 3.8) is 0 Å². The molecule has 0 saturated heterocycles. The Hall–Kier alpha value is -1.81. The van der Waals surface area contributed by atoms with E-state index in [0.29, 0.717) is 5.76 Å². The van der Waals surface area contributed by atoms with Crippen molar-refractivity contribution in [2.24, 2.45) is 5.41 Å². The quantitative estimate of drug-likeness (QED) is 0.862. The maximum Gasteiger partial charge on any atom is 0.337 e. The standard InChI is InChI=1S/C16H20O4/c1-16(2,3)15-19-12(10-14(18)20-15)9-13(17)11-7-5-4-6-8-11/h4-8,10,13,15,17H,9H2,1-3H3/t13-,15+/m0/s1. The lowest BCUT2D eigenvalue weighted by atomic mass is 9.95. The predicted molar refractivity (Wildman–Crippen MR) is 74.5 cm³/mol. The van der Waals surface area contributed by atoms with E-state index in [1.54, 1.807) is 0 Å². The van der Waals surface area contributed by atoms with Crippen molar-refractivity contribution in [3.8, 4) is 0 Å². The highest BCUT2D eigenvalue weighted by Crippen LogP contribution is 2.31. The maximum atomic E-state index is 11.6. The van der Waals surface area contributed by atoms with Crippen LogP contribution < -0.4 is 0 Å². The van der Waals surface area contributed by atoms with E-state index in [1.807, 2.05) is 51.1 Å². The molecular formula is C16H20O4. The molecule has 108 valence electrons. The van der Waals surface area contributed by atoms with Gasteiger partial charge in [0.25, 0.3) is 0 Å². The molecule has 1 aromatic rings. The normalized spacial score (nSPS) is 20.7. The monoisotopic (exact) mass is 276 g/mol. The van der Waals surface area contributed by atoms with Crippen molar-refractivity contribution >= 4 is 5.97 Å². The van der Waals surface area contributed by atoms with Crippen molar-refractivity contribution in [3.05, 3.63) is 47.7 Å². The van der Waals surface area contributed by atoms with Crippen LogP contribution in [-0.4, -0.2) is 17.4 Å². The number of aliphatic hydroxyl groups excluding tert-OH is 1. The van der Waals surface area contributed by atoms with E-state index in [1.165, 1.54) is 6.08 Å². The van der Waals surface area contributed by atoms with Crippen LogP contribution in [0.5, 0.6) is 0 Å². The molecule has 20 heavy (non-hydrogen) atoms. The third-order valence-corrected chi connectivity index (χ3v) is 3.05. The Kier molecular flexibility index (Phi) is 4.14. The van der Waals surface area contributed by atoms with E-state index >= 15 is 0 Å². The van der Waals surface area contributed by atoms with Crippen molar-refractivity contribution in [2.75, 3.05) is 0 Å². The summed E-state index contributed by atoms with van der Waals surface area (Å²) in [7, 11) is 0. The van der Waals surface area contributed by atoms with Gasteiger partial charge in [0.15, 0.2) is 0 Å². The predicted octanol–water partition coefficient (Wildman–Crippen LogP) is 2.94. The number of hydrogen-bond acceptors (Lipinski definition) is 4. The molecule has 0 radical (unpaired) electrons. The van der Waals surface area contributed by atoms with E-state index in [-0.39, 0.29) is 11.8 Å². The Morgan fingerprint density at radius 3 is 2.45 bits per heavy atom. The molecular weight excluding hydrogens is 256 g/mol. The second kappa shape index (κ2) is 5.67. The van der Waals surface area contributed by atoms with Crippen molar-refractivity contribution < 1.29 is 19.4 Å². The number of benzene rings is 1. The molecule has 2 rings (SSSR count). The van der Waals surface area contributed by atoms with Crippen LogP contribution in [0.2, 0.25) is 0 Å². The Bertz CT molecular complexity index is 499. The topological polar surface area (TPSA) is 55.8 Å². The summed E-state index contributed by atoms with van der Waals surface area (Å²) in [6, 6.07) is 9.29. The highest BCUT2D eigenvalue weighted by Gasteiger charge is 2.34. The summed E-state index contributed by atoms with van der Waals surface area (Å²) in [5.74, 6) is 0.0314. The van der Waals surface area contributed by atoms with Crippen LogP contribution in [0, 0.1) is 5.41 Å². The zero-order valence-corrected chi connectivity index (χ0v) is 12.0. The van der Waals surface area contributed by atoms with Gasteiger partial charge in [-0.15, -0.1) is 0 Å². The molecule has 1 aliphatic heterocycles. The van der Waals surface area contributed by atoms with Gasteiger partial charge in [-0.2, -0.15) is 0 Å². The third kappa shape index (κ3) is 3.61. The van der Waals surface area contributed by atoms with Gasteiger partial charge in [0.2, 0.25) is 6.29 Å². The first-order valence-corrected chi connectivity index (χ1v) is 6.67. The summed E-state index contributed by atoms with van der Waals surface area (Å²) in [5, 5.41) is 10.2. The fourth-order valence-electron chi connectivity index (χ4n) is 1.91. The molecule has 0 bridgehead atoms. The van der Waals surface area contributed by atoms with Crippen LogP contribution in [0.15, 0.2) is 42.2 Å². The number of hydrogen-bond donors (Lipinski definition) is 1. The third-order valence-electron chi connectivity index (χ3n) is 3.05. The van der Waals surface area contributed by atoms with Gasteiger partial charge in [-0.3, -0.25) is 0 Å². The first kappa shape index (κ1) is 14.6. The van der Waals surface area contributed by atoms with Gasteiger partial charge in [0.05, 0.1) is 12.2 Å². The summed E-state index contributed by atoms with van der Waals surface area (Å²) in [6.45, 7) is 5.80. The minimum atomic E-state index is -0.700. The molecule has 0 spiro atoms. The van der Waals surface area contributed by atoms with Gasteiger partial charge < -0.3 is 14.6 Å². The average Bonchev–Trinajstić information content (AvgIpc) is 2.38. The number of esters is 1. The minimum Gasteiger partial charge on any atom is -0.458 e. The average molecular weight is 276 g/mol. The molecule has 0 aromatic heterocycles. The zero-order chi connectivity index (χ0) is 14.8. The van der Waals surface area contributed by atoms with E-state index in [0.717, 1.165) is 5.56 Å². The molecule has 1 heterocycles. The van der Waals surface area contributed by atoms with Crippen molar-refractivity contribution in [2.45, 2.75) is 39.6 Å². The summed E-state index contributed by atoms with van der Waals surface area (Å²) < 4.78 is 10.8. The summed E-state index contributed by atoms with van der Waals surface area (Å²) >= 11 is 0. The number of rotatable bonds is 3. The number of cyclic esters (lactones) is 1. The summed E-state index contributed by atoms with van der Waals surface area (Å²) in [5.41, 5.74) is 0.482. The van der Waals surface area contributed by atoms with Gasteiger partial charge in [-0.05, 0) is 5.56 Å². The van der Waals surface area contributed by atoms with Crippen LogP contribution in [-0.2, 0) is 14.3 Å². The van der Waals surface area contributed by atoms with E-state index < -0.39 is 18.4 Å². The van der Waals surface area contributed by atoms with Crippen LogP contribution in [0.3, 0.4) is 0 Å². The van der Waals surface area contributed by atoms with Crippen LogP contribution in [0.4, 0.5) is 0 Å². The molecule has 0 saturated carbocycles. The zero-order valence-electron chi connectivity index (χ0n) is 12.0. The molecule has 0 aliphatic carbocycles. The van der Waals surface area contributed by atoms with Crippen LogP contribution in [0.25, 0.3) is 0 Å². The number of carbonyl (C=O) groups excluding carboxylic acids is 1. The smallest absolute Gasteiger partial charge is 0.337 e. The molecule has 4 nitrogen and oxygen atoms in total. The Labute approximate surface area is 119 Å².